The fourth-order valence-corrected chi connectivity index (χ4v) is 3.58. The summed E-state index contributed by atoms with van der Waals surface area (Å²) in [6.45, 7) is 0.994. The molecule has 2 amide bonds. The first-order valence-corrected chi connectivity index (χ1v) is 9.44. The highest BCUT2D eigenvalue weighted by Gasteiger charge is 2.21. The summed E-state index contributed by atoms with van der Waals surface area (Å²) in [5, 5.41) is 6.45. The molecule has 0 radical (unpaired) electrons. The Morgan fingerprint density at radius 2 is 1.74 bits per heavy atom. The molecule has 1 saturated carbocycles. The van der Waals surface area contributed by atoms with Gasteiger partial charge in [0, 0.05) is 41.1 Å². The smallest absolute Gasteiger partial charge is 0.223 e. The Morgan fingerprint density at radius 1 is 1.09 bits per heavy atom. The maximum atomic E-state index is 11.8. The number of hydrogen-bond acceptors (Lipinski definition) is 3. The molecule has 0 unspecified atom stereocenters. The molecule has 2 N–H and O–H groups in total. The lowest BCUT2D eigenvalue weighted by molar-refractivity contribution is -0.125. The van der Waals surface area contributed by atoms with E-state index in [0.717, 1.165) is 36.3 Å². The van der Waals surface area contributed by atoms with Gasteiger partial charge in [0.2, 0.25) is 11.8 Å². The van der Waals surface area contributed by atoms with Gasteiger partial charge in [-0.1, -0.05) is 24.4 Å². The van der Waals surface area contributed by atoms with Gasteiger partial charge in [-0.15, -0.1) is 11.8 Å². The van der Waals surface area contributed by atoms with Gasteiger partial charge in [-0.25, -0.2) is 0 Å². The molecule has 1 aliphatic rings. The second-order valence-corrected chi connectivity index (χ2v) is 7.28. The Labute approximate surface area is 146 Å². The van der Waals surface area contributed by atoms with E-state index in [0.29, 0.717) is 24.5 Å². The number of nitrogens with one attached hydrogen (secondary N) is 2. The molecule has 1 aliphatic carbocycles. The molecular formula is C17H23ClN2O2S. The first kappa shape index (κ1) is 18.1. The lowest BCUT2D eigenvalue weighted by Gasteiger charge is -2.10. The number of amides is 2. The Hall–Kier alpha value is -1.20. The Kier molecular flexibility index (Phi) is 7.76. The highest BCUT2D eigenvalue weighted by molar-refractivity contribution is 7.99. The van der Waals surface area contributed by atoms with Crippen LogP contribution in [0.1, 0.15) is 32.1 Å². The van der Waals surface area contributed by atoms with Crippen molar-refractivity contribution in [2.75, 3.05) is 18.8 Å². The average molecular weight is 355 g/mol. The molecule has 0 bridgehead atoms. The number of thioether (sulfide) groups is 1. The Balaban J connectivity index is 1.51. The van der Waals surface area contributed by atoms with E-state index in [1.54, 1.807) is 11.8 Å². The van der Waals surface area contributed by atoms with Gasteiger partial charge in [-0.2, -0.15) is 0 Å². The number of carbonyl (C=O) groups is 2. The van der Waals surface area contributed by atoms with Crippen LogP contribution in [0.5, 0.6) is 0 Å². The summed E-state index contributed by atoms with van der Waals surface area (Å²) in [6, 6.07) is 7.58. The van der Waals surface area contributed by atoms with E-state index >= 15 is 0 Å². The van der Waals surface area contributed by atoms with Gasteiger partial charge in [-0.3, -0.25) is 9.59 Å². The van der Waals surface area contributed by atoms with Crippen molar-refractivity contribution < 1.29 is 9.59 Å². The van der Waals surface area contributed by atoms with Crippen LogP contribution in [0.15, 0.2) is 29.2 Å². The van der Waals surface area contributed by atoms with E-state index in [2.05, 4.69) is 10.6 Å². The van der Waals surface area contributed by atoms with Crippen molar-refractivity contribution in [3.63, 3.8) is 0 Å². The number of carbonyl (C=O) groups excluding carboxylic acids is 2. The summed E-state index contributed by atoms with van der Waals surface area (Å²) in [5.41, 5.74) is 0. The summed E-state index contributed by atoms with van der Waals surface area (Å²) in [6.07, 6.45) is 4.77. The van der Waals surface area contributed by atoms with Crippen LogP contribution < -0.4 is 10.6 Å². The predicted molar refractivity (Wildman–Crippen MR) is 94.8 cm³/mol. The highest BCUT2D eigenvalue weighted by atomic mass is 35.5. The standard InChI is InChI=1S/C17H23ClN2O2S/c18-14-5-7-15(8-6-14)23-12-9-16(21)19-10-11-20-17(22)13-3-1-2-4-13/h5-8,13H,1-4,9-12H2,(H,19,21)(H,20,22). The van der Waals surface area contributed by atoms with Crippen LogP contribution in [-0.2, 0) is 9.59 Å². The average Bonchev–Trinajstić information content (AvgIpc) is 3.08. The molecule has 0 atom stereocenters. The molecule has 4 nitrogen and oxygen atoms in total. The molecule has 1 aromatic rings. The number of hydrogen-bond donors (Lipinski definition) is 2. The zero-order valence-electron chi connectivity index (χ0n) is 13.1. The van der Waals surface area contributed by atoms with E-state index in [9.17, 15) is 9.59 Å². The van der Waals surface area contributed by atoms with Crippen LogP contribution >= 0.6 is 23.4 Å². The van der Waals surface area contributed by atoms with E-state index in [1.165, 1.54) is 0 Å². The summed E-state index contributed by atoms with van der Waals surface area (Å²) < 4.78 is 0. The Morgan fingerprint density at radius 3 is 2.43 bits per heavy atom. The number of rotatable bonds is 8. The van der Waals surface area contributed by atoms with Crippen LogP contribution in [0.3, 0.4) is 0 Å². The third kappa shape index (κ3) is 6.83. The van der Waals surface area contributed by atoms with Crippen molar-refractivity contribution in [2.24, 2.45) is 5.92 Å². The Bertz CT molecular complexity index is 516. The minimum atomic E-state index is 0.0154. The minimum absolute atomic E-state index is 0.0154. The largest absolute Gasteiger partial charge is 0.354 e. The van der Waals surface area contributed by atoms with Gasteiger partial charge < -0.3 is 10.6 Å². The zero-order valence-corrected chi connectivity index (χ0v) is 14.7. The van der Waals surface area contributed by atoms with Gasteiger partial charge in [0.05, 0.1) is 0 Å². The SMILES string of the molecule is O=C(CCSc1ccc(Cl)cc1)NCCNC(=O)C1CCCC1. The minimum Gasteiger partial charge on any atom is -0.354 e. The molecule has 0 saturated heterocycles. The lowest BCUT2D eigenvalue weighted by atomic mass is 10.1. The van der Waals surface area contributed by atoms with Gasteiger partial charge in [0.25, 0.3) is 0 Å². The summed E-state index contributed by atoms with van der Waals surface area (Å²) in [5.74, 6) is 1.06. The van der Waals surface area contributed by atoms with E-state index < -0.39 is 0 Å². The first-order valence-electron chi connectivity index (χ1n) is 8.08. The molecule has 6 heteroatoms. The fraction of sp³-hybridized carbons (Fsp3) is 0.529. The normalized spacial score (nSPS) is 14.7. The number of benzene rings is 1. The molecular weight excluding hydrogens is 332 g/mol. The van der Waals surface area contributed by atoms with E-state index in [-0.39, 0.29) is 17.7 Å². The van der Waals surface area contributed by atoms with Crippen LogP contribution in [-0.4, -0.2) is 30.7 Å². The van der Waals surface area contributed by atoms with Crippen LogP contribution in [0.4, 0.5) is 0 Å². The van der Waals surface area contributed by atoms with Crippen molar-refractivity contribution in [3.05, 3.63) is 29.3 Å². The number of halogens is 1. The molecule has 126 valence electrons. The van der Waals surface area contributed by atoms with E-state index in [1.807, 2.05) is 24.3 Å². The van der Waals surface area contributed by atoms with Crippen molar-refractivity contribution in [1.29, 1.82) is 0 Å². The van der Waals surface area contributed by atoms with Gasteiger partial charge >= 0.3 is 0 Å². The first-order chi connectivity index (χ1) is 11.1. The molecule has 1 fully saturated rings. The maximum Gasteiger partial charge on any atom is 0.223 e. The third-order valence-electron chi connectivity index (χ3n) is 3.88. The molecule has 0 spiro atoms. The quantitative estimate of drug-likeness (QED) is 0.556. The highest BCUT2D eigenvalue weighted by Crippen LogP contribution is 2.24. The van der Waals surface area contributed by atoms with Crippen LogP contribution in [0, 0.1) is 5.92 Å². The van der Waals surface area contributed by atoms with Crippen LogP contribution in [0.25, 0.3) is 0 Å². The maximum absolute atomic E-state index is 11.8. The fourth-order valence-electron chi connectivity index (χ4n) is 2.60. The summed E-state index contributed by atoms with van der Waals surface area (Å²) in [4.78, 5) is 24.6. The second kappa shape index (κ2) is 9.83. The summed E-state index contributed by atoms with van der Waals surface area (Å²) in [7, 11) is 0. The van der Waals surface area contributed by atoms with Gasteiger partial charge in [-0.05, 0) is 37.1 Å². The van der Waals surface area contributed by atoms with Gasteiger partial charge in [0.15, 0.2) is 0 Å². The van der Waals surface area contributed by atoms with Crippen molar-refractivity contribution in [1.82, 2.24) is 10.6 Å². The second-order valence-electron chi connectivity index (χ2n) is 5.67. The van der Waals surface area contributed by atoms with Crippen LogP contribution in [0.2, 0.25) is 5.02 Å². The molecule has 1 aromatic carbocycles. The van der Waals surface area contributed by atoms with Crippen molar-refractivity contribution in [2.45, 2.75) is 37.0 Å². The van der Waals surface area contributed by atoms with Crippen molar-refractivity contribution in [3.8, 4) is 0 Å². The van der Waals surface area contributed by atoms with E-state index in [4.69, 9.17) is 11.6 Å². The van der Waals surface area contributed by atoms with Gasteiger partial charge in [0.1, 0.15) is 0 Å². The lowest BCUT2D eigenvalue weighted by Crippen LogP contribution is -2.37. The monoisotopic (exact) mass is 354 g/mol. The molecule has 0 heterocycles. The summed E-state index contributed by atoms with van der Waals surface area (Å²) >= 11 is 7.46. The van der Waals surface area contributed by atoms with Crippen molar-refractivity contribution >= 4 is 35.2 Å². The zero-order chi connectivity index (χ0) is 16.5. The molecule has 2 rings (SSSR count). The topological polar surface area (TPSA) is 58.2 Å². The third-order valence-corrected chi connectivity index (χ3v) is 5.15. The predicted octanol–water partition coefficient (Wildman–Crippen LogP) is 3.24. The molecule has 23 heavy (non-hydrogen) atoms. The molecule has 0 aromatic heterocycles. The molecule has 0 aliphatic heterocycles.